The van der Waals surface area contributed by atoms with E-state index in [0.29, 0.717) is 0 Å². The fraction of sp³-hybridized carbons (Fsp3) is 0.500. The van der Waals surface area contributed by atoms with Crippen LogP contribution in [0.15, 0.2) is 24.3 Å². The number of aryl methyl sites for hydroxylation is 2. The molecule has 0 N–H and O–H groups in total. The highest BCUT2D eigenvalue weighted by molar-refractivity contribution is 5.22. The number of benzene rings is 1. The lowest BCUT2D eigenvalue weighted by Gasteiger charge is -2.02. The van der Waals surface area contributed by atoms with Crippen molar-refractivity contribution in [2.75, 3.05) is 0 Å². The fourth-order valence-corrected chi connectivity index (χ4v) is 1.66. The van der Waals surface area contributed by atoms with Crippen LogP contribution in [0.1, 0.15) is 43.7 Å². The van der Waals surface area contributed by atoms with E-state index >= 15 is 0 Å². The van der Waals surface area contributed by atoms with Crippen molar-refractivity contribution in [2.24, 2.45) is 0 Å². The molecular formula is C14H21. The van der Waals surface area contributed by atoms with Gasteiger partial charge in [-0.2, -0.15) is 0 Å². The first-order valence-electron chi connectivity index (χ1n) is 5.74. The fourth-order valence-electron chi connectivity index (χ4n) is 1.66. The normalized spacial score (nSPS) is 10.4. The van der Waals surface area contributed by atoms with Gasteiger partial charge in [0.25, 0.3) is 0 Å². The first kappa shape index (κ1) is 11.3. The van der Waals surface area contributed by atoms with Gasteiger partial charge in [-0.25, -0.2) is 0 Å². The van der Waals surface area contributed by atoms with Crippen molar-refractivity contribution in [3.05, 3.63) is 42.3 Å². The summed E-state index contributed by atoms with van der Waals surface area (Å²) < 4.78 is 0. The third kappa shape index (κ3) is 3.95. The maximum atomic E-state index is 3.86. The van der Waals surface area contributed by atoms with Crippen LogP contribution in [0.3, 0.4) is 0 Å². The van der Waals surface area contributed by atoms with Crippen LogP contribution in [0.5, 0.6) is 0 Å². The molecule has 0 heteroatoms. The van der Waals surface area contributed by atoms with E-state index in [1.54, 1.807) is 0 Å². The molecule has 0 spiro atoms. The molecule has 0 saturated carbocycles. The summed E-state index contributed by atoms with van der Waals surface area (Å²) in [6.07, 6.45) is 7.31. The van der Waals surface area contributed by atoms with Crippen LogP contribution in [-0.4, -0.2) is 0 Å². The van der Waals surface area contributed by atoms with Gasteiger partial charge >= 0.3 is 0 Å². The molecule has 0 saturated heterocycles. The van der Waals surface area contributed by atoms with Crippen molar-refractivity contribution in [1.82, 2.24) is 0 Å². The van der Waals surface area contributed by atoms with E-state index in [9.17, 15) is 0 Å². The second kappa shape index (κ2) is 6.64. The Bertz CT molecular complexity index is 233. The molecule has 1 radical (unpaired) electrons. The molecule has 77 valence electrons. The summed E-state index contributed by atoms with van der Waals surface area (Å²) in [4.78, 5) is 0. The van der Waals surface area contributed by atoms with Crippen molar-refractivity contribution in [1.29, 1.82) is 0 Å². The molecule has 0 amide bonds. The highest BCUT2D eigenvalue weighted by Gasteiger charge is 1.94. The second-order valence-corrected chi connectivity index (χ2v) is 3.88. The Morgan fingerprint density at radius 2 is 1.50 bits per heavy atom. The predicted octanol–water partition coefficient (Wildman–Crippen LogP) is 4.19. The lowest BCUT2D eigenvalue weighted by atomic mass is 10.0. The minimum Gasteiger partial charge on any atom is -0.0654 e. The van der Waals surface area contributed by atoms with Gasteiger partial charge in [0.15, 0.2) is 0 Å². The Morgan fingerprint density at radius 3 is 2.00 bits per heavy atom. The maximum absolute atomic E-state index is 3.86. The smallest absolute Gasteiger partial charge is 0.0279 e. The van der Waals surface area contributed by atoms with E-state index in [1.807, 2.05) is 0 Å². The van der Waals surface area contributed by atoms with Crippen LogP contribution in [0.4, 0.5) is 0 Å². The zero-order valence-electron chi connectivity index (χ0n) is 9.26. The minimum atomic E-state index is 0.995. The average molecular weight is 189 g/mol. The quantitative estimate of drug-likeness (QED) is 0.589. The van der Waals surface area contributed by atoms with Crippen LogP contribution in [0, 0.1) is 6.92 Å². The van der Waals surface area contributed by atoms with Crippen molar-refractivity contribution in [3.8, 4) is 0 Å². The number of hydrogen-bond acceptors (Lipinski definition) is 0. The van der Waals surface area contributed by atoms with Gasteiger partial charge in [-0.05, 0) is 36.8 Å². The van der Waals surface area contributed by atoms with Gasteiger partial charge in [-0.1, -0.05) is 51.0 Å². The molecule has 0 heterocycles. The molecule has 0 unspecified atom stereocenters. The minimum absolute atomic E-state index is 0.995. The molecule has 14 heavy (non-hydrogen) atoms. The summed E-state index contributed by atoms with van der Waals surface area (Å²) in [5.74, 6) is 0. The van der Waals surface area contributed by atoms with Gasteiger partial charge in [0.1, 0.15) is 0 Å². The zero-order chi connectivity index (χ0) is 10.2. The monoisotopic (exact) mass is 189 g/mol. The van der Waals surface area contributed by atoms with E-state index in [4.69, 9.17) is 0 Å². The molecule has 0 aliphatic rings. The third-order valence-electron chi connectivity index (χ3n) is 2.56. The van der Waals surface area contributed by atoms with E-state index in [-0.39, 0.29) is 0 Å². The highest BCUT2D eigenvalue weighted by atomic mass is 14.0. The molecule has 1 aromatic carbocycles. The van der Waals surface area contributed by atoms with Crippen LogP contribution in [0.2, 0.25) is 0 Å². The molecule has 0 aliphatic carbocycles. The summed E-state index contributed by atoms with van der Waals surface area (Å²) in [7, 11) is 0. The molecule has 0 atom stereocenters. The van der Waals surface area contributed by atoms with E-state index < -0.39 is 0 Å². The first-order chi connectivity index (χ1) is 6.86. The lowest BCUT2D eigenvalue weighted by molar-refractivity contribution is 0.717. The molecule has 0 nitrogen and oxygen atoms in total. The molecule has 0 bridgehead atoms. The second-order valence-electron chi connectivity index (χ2n) is 3.88. The van der Waals surface area contributed by atoms with E-state index in [2.05, 4.69) is 38.1 Å². The Hall–Kier alpha value is -0.780. The number of rotatable bonds is 6. The molecule has 1 aromatic rings. The standard InChI is InChI=1S/C14H21/c1-3-5-6-8-14-11-9-13(7-4-2)10-12-14/h9-12H,2-8H2,1H3. The van der Waals surface area contributed by atoms with Gasteiger partial charge in [0.2, 0.25) is 0 Å². The van der Waals surface area contributed by atoms with Crippen molar-refractivity contribution >= 4 is 0 Å². The maximum Gasteiger partial charge on any atom is -0.0279 e. The van der Waals surface area contributed by atoms with Gasteiger partial charge < -0.3 is 0 Å². The van der Waals surface area contributed by atoms with Crippen molar-refractivity contribution in [2.45, 2.75) is 45.4 Å². The van der Waals surface area contributed by atoms with Gasteiger partial charge in [0.05, 0.1) is 0 Å². The molecule has 0 aliphatic heterocycles. The Kier molecular flexibility index (Phi) is 5.36. The molecule has 0 aromatic heterocycles. The van der Waals surface area contributed by atoms with E-state index in [1.165, 1.54) is 36.8 Å². The summed E-state index contributed by atoms with van der Waals surface area (Å²) in [5, 5.41) is 0. The summed E-state index contributed by atoms with van der Waals surface area (Å²) in [6, 6.07) is 9.01. The van der Waals surface area contributed by atoms with Crippen LogP contribution in [0.25, 0.3) is 0 Å². The zero-order valence-corrected chi connectivity index (χ0v) is 9.26. The molecular weight excluding hydrogens is 168 g/mol. The average Bonchev–Trinajstić information content (AvgIpc) is 2.21. The van der Waals surface area contributed by atoms with Gasteiger partial charge in [-0.15, -0.1) is 0 Å². The number of hydrogen-bond donors (Lipinski definition) is 0. The van der Waals surface area contributed by atoms with Crippen LogP contribution >= 0.6 is 0 Å². The molecule has 1 rings (SSSR count). The first-order valence-corrected chi connectivity index (χ1v) is 5.74. The number of unbranched alkanes of at least 4 members (excludes halogenated alkanes) is 2. The van der Waals surface area contributed by atoms with Crippen molar-refractivity contribution in [3.63, 3.8) is 0 Å². The van der Waals surface area contributed by atoms with Crippen LogP contribution in [-0.2, 0) is 12.8 Å². The summed E-state index contributed by atoms with van der Waals surface area (Å²) in [5.41, 5.74) is 2.89. The predicted molar refractivity (Wildman–Crippen MR) is 63.3 cm³/mol. The topological polar surface area (TPSA) is 0 Å². The van der Waals surface area contributed by atoms with Gasteiger partial charge in [0, 0.05) is 0 Å². The Morgan fingerprint density at radius 1 is 0.929 bits per heavy atom. The lowest BCUT2D eigenvalue weighted by Crippen LogP contribution is -1.87. The summed E-state index contributed by atoms with van der Waals surface area (Å²) >= 11 is 0. The van der Waals surface area contributed by atoms with Crippen LogP contribution < -0.4 is 0 Å². The SMILES string of the molecule is [CH2]CCc1ccc(CCCCC)cc1. The largest absolute Gasteiger partial charge is 0.0654 e. The van der Waals surface area contributed by atoms with Gasteiger partial charge in [-0.3, -0.25) is 0 Å². The van der Waals surface area contributed by atoms with E-state index in [0.717, 1.165) is 12.8 Å². The Balaban J connectivity index is 2.38. The molecule has 0 fully saturated rings. The Labute approximate surface area is 88.4 Å². The third-order valence-corrected chi connectivity index (χ3v) is 2.56. The van der Waals surface area contributed by atoms with Crippen molar-refractivity contribution < 1.29 is 0 Å². The summed E-state index contributed by atoms with van der Waals surface area (Å²) in [6.45, 7) is 6.11. The highest BCUT2D eigenvalue weighted by Crippen LogP contribution is 2.09.